The van der Waals surface area contributed by atoms with Crippen LogP contribution in [0.4, 0.5) is 0 Å². The smallest absolute Gasteiger partial charge is 0.221 e. The molecule has 1 amide bonds. The Morgan fingerprint density at radius 1 is 1.20 bits per heavy atom. The molecule has 1 N–H and O–H groups in total. The highest BCUT2D eigenvalue weighted by Crippen LogP contribution is 2.54. The molecule has 2 aliphatic rings. The Morgan fingerprint density at radius 2 is 1.87 bits per heavy atom. The fourth-order valence-electron chi connectivity index (χ4n) is 3.11. The largest absolute Gasteiger partial charge is 0.351 e. The van der Waals surface area contributed by atoms with Gasteiger partial charge in [-0.3, -0.25) is 4.79 Å². The van der Waals surface area contributed by atoms with Gasteiger partial charge >= 0.3 is 0 Å². The first kappa shape index (κ1) is 11.3. The zero-order valence-corrected chi connectivity index (χ0v) is 11.0. The van der Waals surface area contributed by atoms with E-state index in [1.165, 1.54) is 12.2 Å². The molecule has 2 heterocycles. The Hall–Kier alpha value is -0.180. The third-order valence-corrected chi connectivity index (χ3v) is 5.71. The van der Waals surface area contributed by atoms with Crippen LogP contribution in [-0.2, 0) is 4.79 Å². The molecule has 0 bridgehead atoms. The monoisotopic (exact) mass is 227 g/mol. The Morgan fingerprint density at radius 3 is 2.33 bits per heavy atom. The Balaban J connectivity index is 2.29. The highest BCUT2D eigenvalue weighted by Gasteiger charge is 2.55. The van der Waals surface area contributed by atoms with Crippen molar-refractivity contribution in [3.63, 3.8) is 0 Å². The molecule has 2 nitrogen and oxygen atoms in total. The van der Waals surface area contributed by atoms with Crippen molar-refractivity contribution in [2.45, 2.75) is 46.1 Å². The summed E-state index contributed by atoms with van der Waals surface area (Å²) in [7, 11) is 0. The molecule has 0 aliphatic carbocycles. The van der Waals surface area contributed by atoms with Crippen molar-refractivity contribution in [2.75, 3.05) is 11.5 Å². The molecule has 1 unspecified atom stereocenters. The first-order valence-corrected chi connectivity index (χ1v) is 6.81. The van der Waals surface area contributed by atoms with Gasteiger partial charge in [0, 0.05) is 23.1 Å². The summed E-state index contributed by atoms with van der Waals surface area (Å²) in [6, 6.07) is 0. The summed E-state index contributed by atoms with van der Waals surface area (Å²) in [4.78, 5) is 11.6. The summed E-state index contributed by atoms with van der Waals surface area (Å²) in [6.45, 7) is 9.00. The second kappa shape index (κ2) is 3.16. The zero-order valence-electron chi connectivity index (χ0n) is 10.1. The zero-order chi connectivity index (χ0) is 11.3. The lowest BCUT2D eigenvalue weighted by Crippen LogP contribution is -2.52. The molecule has 0 aromatic rings. The van der Waals surface area contributed by atoms with Crippen LogP contribution in [0.15, 0.2) is 0 Å². The predicted molar refractivity (Wildman–Crippen MR) is 65.0 cm³/mol. The molecule has 86 valence electrons. The predicted octanol–water partition coefficient (Wildman–Crippen LogP) is 2.43. The van der Waals surface area contributed by atoms with E-state index in [4.69, 9.17) is 0 Å². The Kier molecular flexibility index (Phi) is 2.38. The number of nitrogens with one attached hydrogen (secondary N) is 1. The van der Waals surface area contributed by atoms with Gasteiger partial charge in [0.2, 0.25) is 5.91 Å². The van der Waals surface area contributed by atoms with Gasteiger partial charge in [-0.15, -0.1) is 0 Å². The van der Waals surface area contributed by atoms with Gasteiger partial charge in [0.1, 0.15) is 0 Å². The number of carbonyl (C=O) groups is 1. The van der Waals surface area contributed by atoms with Crippen LogP contribution < -0.4 is 5.32 Å². The lowest BCUT2D eigenvalue weighted by molar-refractivity contribution is -0.119. The third-order valence-electron chi connectivity index (χ3n) is 3.96. The topological polar surface area (TPSA) is 29.1 Å². The Bertz CT molecular complexity index is 298. The minimum Gasteiger partial charge on any atom is -0.351 e. The minimum atomic E-state index is -0.0330. The van der Waals surface area contributed by atoms with E-state index in [2.05, 4.69) is 33.0 Å². The van der Waals surface area contributed by atoms with Crippen LogP contribution in [0.5, 0.6) is 0 Å². The van der Waals surface area contributed by atoms with Crippen LogP contribution >= 0.6 is 11.8 Å². The van der Waals surface area contributed by atoms with Gasteiger partial charge < -0.3 is 5.32 Å². The van der Waals surface area contributed by atoms with Gasteiger partial charge in [0.15, 0.2) is 0 Å². The molecule has 0 radical (unpaired) electrons. The SMILES string of the molecule is CC1(C)CSCC2(CC(=O)NC2(C)C)C1. The normalized spacial score (nSPS) is 38.0. The summed E-state index contributed by atoms with van der Waals surface area (Å²) in [5.41, 5.74) is 0.512. The number of thioether (sulfide) groups is 1. The number of rotatable bonds is 0. The molecule has 0 aromatic carbocycles. The van der Waals surface area contributed by atoms with E-state index in [-0.39, 0.29) is 16.9 Å². The van der Waals surface area contributed by atoms with Crippen molar-refractivity contribution in [1.29, 1.82) is 0 Å². The number of hydrogen-bond acceptors (Lipinski definition) is 2. The minimum absolute atomic E-state index is 0.0330. The van der Waals surface area contributed by atoms with Crippen molar-refractivity contribution < 1.29 is 4.79 Å². The summed E-state index contributed by atoms with van der Waals surface area (Å²) in [5.74, 6) is 2.58. The number of carbonyl (C=O) groups excluding carboxylic acids is 1. The fraction of sp³-hybridized carbons (Fsp3) is 0.917. The molecular weight excluding hydrogens is 206 g/mol. The van der Waals surface area contributed by atoms with E-state index >= 15 is 0 Å². The van der Waals surface area contributed by atoms with Crippen molar-refractivity contribution >= 4 is 17.7 Å². The average molecular weight is 227 g/mol. The van der Waals surface area contributed by atoms with Crippen molar-refractivity contribution in [2.24, 2.45) is 10.8 Å². The van der Waals surface area contributed by atoms with Gasteiger partial charge in [0.05, 0.1) is 0 Å². The van der Waals surface area contributed by atoms with Gasteiger partial charge in [-0.25, -0.2) is 0 Å². The summed E-state index contributed by atoms with van der Waals surface area (Å²) < 4.78 is 0. The number of hydrogen-bond donors (Lipinski definition) is 1. The third kappa shape index (κ3) is 1.79. The van der Waals surface area contributed by atoms with Gasteiger partial charge in [-0.05, 0) is 31.4 Å². The molecule has 1 spiro atoms. The van der Waals surface area contributed by atoms with Crippen LogP contribution in [0, 0.1) is 10.8 Å². The number of amides is 1. The highest BCUT2D eigenvalue weighted by molar-refractivity contribution is 7.99. The maximum Gasteiger partial charge on any atom is 0.221 e. The maximum atomic E-state index is 11.6. The van der Waals surface area contributed by atoms with Crippen molar-refractivity contribution in [3.8, 4) is 0 Å². The summed E-state index contributed by atoms with van der Waals surface area (Å²) >= 11 is 2.01. The van der Waals surface area contributed by atoms with Crippen LogP contribution in [0.25, 0.3) is 0 Å². The van der Waals surface area contributed by atoms with E-state index in [1.54, 1.807) is 0 Å². The summed E-state index contributed by atoms with van der Waals surface area (Å²) in [5, 5.41) is 3.14. The van der Waals surface area contributed by atoms with Gasteiger partial charge in [0.25, 0.3) is 0 Å². The lowest BCUT2D eigenvalue weighted by Gasteiger charge is -2.48. The van der Waals surface area contributed by atoms with Crippen LogP contribution in [0.2, 0.25) is 0 Å². The van der Waals surface area contributed by atoms with Crippen molar-refractivity contribution in [3.05, 3.63) is 0 Å². The van der Waals surface area contributed by atoms with Crippen molar-refractivity contribution in [1.82, 2.24) is 5.32 Å². The second-order valence-corrected chi connectivity index (χ2v) is 7.45. The first-order valence-electron chi connectivity index (χ1n) is 5.65. The standard InChI is InChI=1S/C12H21NOS/c1-10(2)6-12(8-15-7-10)5-9(14)13-11(12,3)4/h5-8H2,1-4H3,(H,13,14). The average Bonchev–Trinajstić information content (AvgIpc) is 2.18. The van der Waals surface area contributed by atoms with E-state index in [0.29, 0.717) is 5.41 Å². The van der Waals surface area contributed by atoms with Crippen LogP contribution in [0.3, 0.4) is 0 Å². The molecule has 2 fully saturated rings. The Labute approximate surface area is 96.6 Å². The molecule has 2 rings (SSSR count). The van der Waals surface area contributed by atoms with Gasteiger partial charge in [-0.1, -0.05) is 13.8 Å². The molecule has 0 aromatic heterocycles. The first-order chi connectivity index (χ1) is 6.77. The molecular formula is C12H21NOS. The highest BCUT2D eigenvalue weighted by atomic mass is 32.2. The molecule has 2 saturated heterocycles. The van der Waals surface area contributed by atoms with E-state index < -0.39 is 0 Å². The quantitative estimate of drug-likeness (QED) is 0.688. The molecule has 2 aliphatic heterocycles. The summed E-state index contributed by atoms with van der Waals surface area (Å²) in [6.07, 6.45) is 1.88. The second-order valence-electron chi connectivity index (χ2n) is 6.46. The molecule has 0 saturated carbocycles. The molecule has 3 heteroatoms. The van der Waals surface area contributed by atoms with Crippen LogP contribution in [0.1, 0.15) is 40.5 Å². The van der Waals surface area contributed by atoms with E-state index in [0.717, 1.165) is 12.2 Å². The van der Waals surface area contributed by atoms with Gasteiger partial charge in [-0.2, -0.15) is 11.8 Å². The van der Waals surface area contributed by atoms with E-state index in [9.17, 15) is 4.79 Å². The lowest BCUT2D eigenvalue weighted by atomic mass is 9.65. The molecule has 15 heavy (non-hydrogen) atoms. The van der Waals surface area contributed by atoms with E-state index in [1.807, 2.05) is 11.8 Å². The maximum absolute atomic E-state index is 11.6. The van der Waals surface area contributed by atoms with Crippen LogP contribution in [-0.4, -0.2) is 23.0 Å². The molecule has 1 atom stereocenters. The fourth-order valence-corrected chi connectivity index (χ4v) is 4.82.